The molecule has 2 heterocycles. The van der Waals surface area contributed by atoms with E-state index in [9.17, 15) is 14.0 Å². The number of para-hydroxylation sites is 2. The van der Waals surface area contributed by atoms with Crippen LogP contribution in [-0.2, 0) is 6.54 Å². The van der Waals surface area contributed by atoms with Crippen molar-refractivity contribution in [3.63, 3.8) is 0 Å². The summed E-state index contributed by atoms with van der Waals surface area (Å²) in [5.74, 6) is -1.09. The number of aromatic nitrogens is 4. The second-order valence-corrected chi connectivity index (χ2v) is 5.37. The lowest BCUT2D eigenvalue weighted by atomic mass is 10.2. The molecule has 2 aromatic carbocycles. The highest BCUT2D eigenvalue weighted by atomic mass is 19.1. The van der Waals surface area contributed by atoms with Gasteiger partial charge in [-0.1, -0.05) is 12.1 Å². The minimum Gasteiger partial charge on any atom is -0.388 e. The van der Waals surface area contributed by atoms with Crippen molar-refractivity contribution < 1.29 is 8.81 Å². The standard InChI is InChI=1S/C17H11FN4O3/c18-11-7-5-10(6-8-11)16-21-22(17(24)25-16)9-14-15(23)20-13-4-2-1-3-12(13)19-14/h1-8H,9H2,(H,20,23). The summed E-state index contributed by atoms with van der Waals surface area (Å²) in [6.45, 7) is -0.135. The molecule has 8 heteroatoms. The molecule has 0 saturated carbocycles. The number of fused-ring (bicyclic) bond motifs is 1. The van der Waals surface area contributed by atoms with Crippen LogP contribution in [0.2, 0.25) is 0 Å². The monoisotopic (exact) mass is 338 g/mol. The third-order valence-electron chi connectivity index (χ3n) is 3.67. The second kappa shape index (κ2) is 5.82. The highest BCUT2D eigenvalue weighted by molar-refractivity contribution is 5.73. The van der Waals surface area contributed by atoms with Crippen molar-refractivity contribution in [2.75, 3.05) is 0 Å². The molecule has 4 rings (SSSR count). The van der Waals surface area contributed by atoms with E-state index in [4.69, 9.17) is 4.42 Å². The van der Waals surface area contributed by atoms with E-state index in [-0.39, 0.29) is 18.1 Å². The third-order valence-corrected chi connectivity index (χ3v) is 3.67. The molecule has 0 radical (unpaired) electrons. The van der Waals surface area contributed by atoms with E-state index in [2.05, 4.69) is 15.1 Å². The minimum absolute atomic E-state index is 0.0437. The first-order valence-electron chi connectivity index (χ1n) is 7.42. The first-order valence-corrected chi connectivity index (χ1v) is 7.42. The molecule has 0 spiro atoms. The molecule has 0 saturated heterocycles. The van der Waals surface area contributed by atoms with Gasteiger partial charge in [-0.2, -0.15) is 4.68 Å². The summed E-state index contributed by atoms with van der Waals surface area (Å²) in [5, 5.41) is 4.05. The van der Waals surface area contributed by atoms with Gasteiger partial charge in [-0.15, -0.1) is 5.10 Å². The zero-order chi connectivity index (χ0) is 17.4. The topological polar surface area (TPSA) is 93.8 Å². The normalized spacial score (nSPS) is 11.1. The Kier molecular flexibility index (Phi) is 3.50. The zero-order valence-electron chi connectivity index (χ0n) is 12.8. The zero-order valence-corrected chi connectivity index (χ0v) is 12.8. The van der Waals surface area contributed by atoms with E-state index in [1.807, 2.05) is 0 Å². The Hall–Kier alpha value is -3.55. The van der Waals surface area contributed by atoms with Gasteiger partial charge >= 0.3 is 5.76 Å². The number of halogens is 1. The number of aromatic amines is 1. The number of hydrogen-bond donors (Lipinski definition) is 1. The van der Waals surface area contributed by atoms with Crippen molar-refractivity contribution in [2.24, 2.45) is 0 Å². The van der Waals surface area contributed by atoms with E-state index in [0.717, 1.165) is 4.68 Å². The van der Waals surface area contributed by atoms with Gasteiger partial charge < -0.3 is 9.40 Å². The molecule has 0 unspecified atom stereocenters. The van der Waals surface area contributed by atoms with Gasteiger partial charge in [0, 0.05) is 5.56 Å². The average molecular weight is 338 g/mol. The smallest absolute Gasteiger partial charge is 0.388 e. The Balaban J connectivity index is 1.72. The lowest BCUT2D eigenvalue weighted by Gasteiger charge is -2.01. The van der Waals surface area contributed by atoms with Gasteiger partial charge in [0.1, 0.15) is 11.5 Å². The number of nitrogens with one attached hydrogen (secondary N) is 1. The maximum Gasteiger partial charge on any atom is 0.437 e. The SMILES string of the molecule is O=c1[nH]c2ccccc2nc1Cn1nc(-c2ccc(F)cc2)oc1=O. The van der Waals surface area contributed by atoms with Crippen molar-refractivity contribution in [1.82, 2.24) is 19.7 Å². The van der Waals surface area contributed by atoms with Crippen molar-refractivity contribution in [1.29, 1.82) is 0 Å². The molecule has 0 aliphatic rings. The van der Waals surface area contributed by atoms with Crippen LogP contribution in [0.15, 0.2) is 62.5 Å². The van der Waals surface area contributed by atoms with E-state index >= 15 is 0 Å². The highest BCUT2D eigenvalue weighted by Crippen LogP contribution is 2.15. The highest BCUT2D eigenvalue weighted by Gasteiger charge is 2.13. The number of nitrogens with zero attached hydrogens (tertiary/aromatic N) is 3. The molecule has 0 amide bonds. The first kappa shape index (κ1) is 15.0. The van der Waals surface area contributed by atoms with Gasteiger partial charge in [-0.05, 0) is 36.4 Å². The number of hydrogen-bond acceptors (Lipinski definition) is 5. The molecule has 124 valence electrons. The molecular formula is C17H11FN4O3. The summed E-state index contributed by atoms with van der Waals surface area (Å²) >= 11 is 0. The number of benzene rings is 2. The van der Waals surface area contributed by atoms with Crippen LogP contribution in [0.3, 0.4) is 0 Å². The van der Waals surface area contributed by atoms with E-state index in [1.54, 1.807) is 24.3 Å². The predicted octanol–water partition coefficient (Wildman–Crippen LogP) is 1.93. The van der Waals surface area contributed by atoms with Gasteiger partial charge in [0.2, 0.25) is 5.89 Å². The summed E-state index contributed by atoms with van der Waals surface area (Å²) in [4.78, 5) is 31.1. The van der Waals surface area contributed by atoms with Crippen molar-refractivity contribution >= 4 is 11.0 Å². The van der Waals surface area contributed by atoms with Gasteiger partial charge in [0.25, 0.3) is 5.56 Å². The fourth-order valence-corrected chi connectivity index (χ4v) is 2.43. The van der Waals surface area contributed by atoms with Crippen LogP contribution in [0.4, 0.5) is 4.39 Å². The quantitative estimate of drug-likeness (QED) is 0.616. The summed E-state index contributed by atoms with van der Waals surface area (Å²) in [6.07, 6.45) is 0. The molecule has 25 heavy (non-hydrogen) atoms. The second-order valence-electron chi connectivity index (χ2n) is 5.37. The van der Waals surface area contributed by atoms with E-state index < -0.39 is 17.1 Å². The Bertz CT molecular complexity index is 1170. The summed E-state index contributed by atoms with van der Waals surface area (Å²) in [6, 6.07) is 12.5. The summed E-state index contributed by atoms with van der Waals surface area (Å²) < 4.78 is 19.1. The maximum atomic E-state index is 13.0. The van der Waals surface area contributed by atoms with Crippen molar-refractivity contribution in [3.05, 3.63) is 80.9 Å². The predicted molar refractivity (Wildman–Crippen MR) is 87.6 cm³/mol. The molecule has 0 aliphatic carbocycles. The Labute approximate surface area is 139 Å². The van der Waals surface area contributed by atoms with Gasteiger partial charge in [0.15, 0.2) is 0 Å². The fourth-order valence-electron chi connectivity index (χ4n) is 2.43. The Morgan fingerprint density at radius 2 is 1.84 bits per heavy atom. The molecular weight excluding hydrogens is 327 g/mol. The molecule has 0 fully saturated rings. The first-order chi connectivity index (χ1) is 12.1. The molecule has 1 N–H and O–H groups in total. The van der Waals surface area contributed by atoms with Crippen LogP contribution in [0, 0.1) is 5.82 Å². The van der Waals surface area contributed by atoms with E-state index in [0.29, 0.717) is 16.6 Å². The lowest BCUT2D eigenvalue weighted by Crippen LogP contribution is -2.23. The van der Waals surface area contributed by atoms with Gasteiger partial charge in [-0.25, -0.2) is 14.2 Å². The van der Waals surface area contributed by atoms with E-state index in [1.165, 1.54) is 24.3 Å². The van der Waals surface area contributed by atoms with Crippen LogP contribution in [0.25, 0.3) is 22.5 Å². The number of H-pyrrole nitrogens is 1. The van der Waals surface area contributed by atoms with Crippen LogP contribution in [0.1, 0.15) is 5.69 Å². The molecule has 0 atom stereocenters. The summed E-state index contributed by atoms with van der Waals surface area (Å²) in [5.41, 5.74) is 1.40. The average Bonchev–Trinajstić information content (AvgIpc) is 2.97. The molecule has 4 aromatic rings. The Morgan fingerprint density at radius 3 is 2.64 bits per heavy atom. The fraction of sp³-hybridized carbons (Fsp3) is 0.0588. The van der Waals surface area contributed by atoms with Crippen LogP contribution in [0.5, 0.6) is 0 Å². The number of rotatable bonds is 3. The molecule has 0 bridgehead atoms. The third kappa shape index (κ3) is 2.85. The Morgan fingerprint density at radius 1 is 1.08 bits per heavy atom. The molecule has 0 aliphatic heterocycles. The van der Waals surface area contributed by atoms with Crippen LogP contribution < -0.4 is 11.3 Å². The minimum atomic E-state index is -0.728. The summed E-state index contributed by atoms with van der Waals surface area (Å²) in [7, 11) is 0. The molecule has 2 aromatic heterocycles. The molecule has 7 nitrogen and oxygen atoms in total. The van der Waals surface area contributed by atoms with Crippen molar-refractivity contribution in [2.45, 2.75) is 6.54 Å². The van der Waals surface area contributed by atoms with Crippen LogP contribution >= 0.6 is 0 Å². The van der Waals surface area contributed by atoms with Gasteiger partial charge in [0.05, 0.1) is 17.6 Å². The van der Waals surface area contributed by atoms with Crippen molar-refractivity contribution in [3.8, 4) is 11.5 Å². The van der Waals surface area contributed by atoms with Crippen LogP contribution in [-0.4, -0.2) is 19.7 Å². The van der Waals surface area contributed by atoms with Gasteiger partial charge in [-0.3, -0.25) is 4.79 Å². The lowest BCUT2D eigenvalue weighted by molar-refractivity contribution is 0.492. The largest absolute Gasteiger partial charge is 0.437 e. The maximum absolute atomic E-state index is 13.0.